The summed E-state index contributed by atoms with van der Waals surface area (Å²) in [5.41, 5.74) is 0.947. The zero-order valence-electron chi connectivity index (χ0n) is 17.4. The molecule has 0 radical (unpaired) electrons. The third-order valence-electron chi connectivity index (χ3n) is 7.35. The van der Waals surface area contributed by atoms with E-state index < -0.39 is 10.2 Å². The molecule has 30 heavy (non-hydrogen) atoms. The second kappa shape index (κ2) is 7.69. The van der Waals surface area contributed by atoms with Gasteiger partial charge in [-0.05, 0) is 49.7 Å². The van der Waals surface area contributed by atoms with Gasteiger partial charge in [0.05, 0.1) is 0 Å². The van der Waals surface area contributed by atoms with Crippen LogP contribution in [-0.2, 0) is 10.2 Å². The molecule has 3 aliphatic rings. The molecule has 1 unspecified atom stereocenters. The van der Waals surface area contributed by atoms with Gasteiger partial charge in [-0.3, -0.25) is 4.98 Å². The monoisotopic (exact) mass is 431 g/mol. The average Bonchev–Trinajstić information content (AvgIpc) is 3.25. The maximum absolute atomic E-state index is 13.1. The number of hydrogen-bond acceptors (Lipinski definition) is 6. The second-order valence-corrected chi connectivity index (χ2v) is 11.0. The highest BCUT2D eigenvalue weighted by Crippen LogP contribution is 2.64. The standard InChI is InChI=1S/C21H29N5O3S/c1-25(17-7-3-2-4-8-17)30(27,28)26-12-9-21(10-13-26)14-18(21)20-23-19(24-29-20)16-6-5-11-22-15-16/h5-6,11,15,17-18H,2-4,7-10,12-14H2,1H3. The van der Waals surface area contributed by atoms with Crippen LogP contribution < -0.4 is 0 Å². The molecule has 1 saturated heterocycles. The van der Waals surface area contributed by atoms with Crippen LogP contribution in [0.4, 0.5) is 0 Å². The van der Waals surface area contributed by atoms with Crippen molar-refractivity contribution in [1.82, 2.24) is 23.7 Å². The highest BCUT2D eigenvalue weighted by atomic mass is 32.2. The number of rotatable bonds is 5. The van der Waals surface area contributed by atoms with Crippen LogP contribution >= 0.6 is 0 Å². The molecular weight excluding hydrogens is 402 g/mol. The molecule has 3 heterocycles. The van der Waals surface area contributed by atoms with Crippen LogP contribution in [0.2, 0.25) is 0 Å². The highest BCUT2D eigenvalue weighted by molar-refractivity contribution is 7.86. The molecule has 0 N–H and O–H groups in total. The summed E-state index contributed by atoms with van der Waals surface area (Å²) in [7, 11) is -1.63. The van der Waals surface area contributed by atoms with E-state index in [1.165, 1.54) is 6.42 Å². The van der Waals surface area contributed by atoms with Gasteiger partial charge in [0.2, 0.25) is 11.7 Å². The Kier molecular flexibility index (Phi) is 5.15. The molecule has 162 valence electrons. The van der Waals surface area contributed by atoms with Crippen LogP contribution in [0.15, 0.2) is 29.0 Å². The van der Waals surface area contributed by atoms with E-state index in [0.717, 1.165) is 50.5 Å². The van der Waals surface area contributed by atoms with E-state index in [1.807, 2.05) is 12.1 Å². The lowest BCUT2D eigenvalue weighted by Gasteiger charge is -2.37. The molecule has 2 saturated carbocycles. The first-order valence-corrected chi connectivity index (χ1v) is 12.4. The Bertz CT molecular complexity index is 979. The predicted octanol–water partition coefficient (Wildman–Crippen LogP) is 3.21. The number of pyridine rings is 1. The van der Waals surface area contributed by atoms with Gasteiger partial charge in [0.15, 0.2) is 0 Å². The van der Waals surface area contributed by atoms with Crippen molar-refractivity contribution in [1.29, 1.82) is 0 Å². The molecule has 8 nitrogen and oxygen atoms in total. The minimum absolute atomic E-state index is 0.105. The van der Waals surface area contributed by atoms with Crippen LogP contribution in [0.5, 0.6) is 0 Å². The Labute approximate surface area is 177 Å². The van der Waals surface area contributed by atoms with Crippen LogP contribution in [0, 0.1) is 5.41 Å². The number of hydrogen-bond donors (Lipinski definition) is 0. The topological polar surface area (TPSA) is 92.4 Å². The highest BCUT2D eigenvalue weighted by Gasteiger charge is 2.59. The number of aromatic nitrogens is 3. The molecule has 2 aliphatic carbocycles. The third kappa shape index (κ3) is 3.56. The Morgan fingerprint density at radius 2 is 1.97 bits per heavy atom. The van der Waals surface area contributed by atoms with Crippen molar-refractivity contribution in [2.75, 3.05) is 20.1 Å². The summed E-state index contributed by atoms with van der Waals surface area (Å²) >= 11 is 0. The van der Waals surface area contributed by atoms with Gasteiger partial charge >= 0.3 is 0 Å². The quantitative estimate of drug-likeness (QED) is 0.722. The fourth-order valence-corrected chi connectivity index (χ4v) is 6.81. The zero-order chi connectivity index (χ0) is 20.8. The van der Waals surface area contributed by atoms with E-state index in [-0.39, 0.29) is 17.4 Å². The van der Waals surface area contributed by atoms with Crippen LogP contribution in [0.25, 0.3) is 11.4 Å². The lowest BCUT2D eigenvalue weighted by atomic mass is 9.92. The average molecular weight is 432 g/mol. The summed E-state index contributed by atoms with van der Waals surface area (Å²) in [5.74, 6) is 1.47. The molecule has 0 aromatic carbocycles. The molecule has 5 rings (SSSR count). The fraction of sp³-hybridized carbons (Fsp3) is 0.667. The van der Waals surface area contributed by atoms with Crippen LogP contribution in [-0.4, -0.2) is 58.3 Å². The minimum atomic E-state index is -3.39. The van der Waals surface area contributed by atoms with Gasteiger partial charge in [-0.15, -0.1) is 0 Å². The molecule has 0 amide bonds. The van der Waals surface area contributed by atoms with Crippen LogP contribution in [0.1, 0.15) is 63.2 Å². The van der Waals surface area contributed by atoms with Gasteiger partial charge in [0.1, 0.15) is 0 Å². The Balaban J connectivity index is 1.22. The molecule has 9 heteroatoms. The van der Waals surface area contributed by atoms with Crippen molar-refractivity contribution in [3.63, 3.8) is 0 Å². The predicted molar refractivity (Wildman–Crippen MR) is 112 cm³/mol. The summed E-state index contributed by atoms with van der Waals surface area (Å²) in [6.07, 6.45) is 11.6. The lowest BCUT2D eigenvalue weighted by molar-refractivity contribution is 0.215. The molecule has 1 atom stereocenters. The van der Waals surface area contributed by atoms with Gasteiger partial charge in [0.25, 0.3) is 10.2 Å². The maximum atomic E-state index is 13.1. The van der Waals surface area contributed by atoms with E-state index in [0.29, 0.717) is 24.8 Å². The smallest absolute Gasteiger partial charge is 0.281 e. The fourth-order valence-electron chi connectivity index (χ4n) is 5.22. The summed E-state index contributed by atoms with van der Waals surface area (Å²) in [5, 5.41) is 4.12. The maximum Gasteiger partial charge on any atom is 0.281 e. The first kappa shape index (κ1) is 20.1. The van der Waals surface area contributed by atoms with Gasteiger partial charge < -0.3 is 4.52 Å². The van der Waals surface area contributed by atoms with Crippen molar-refractivity contribution in [2.45, 2.75) is 63.3 Å². The van der Waals surface area contributed by atoms with Gasteiger partial charge in [-0.2, -0.15) is 22.0 Å². The number of nitrogens with zero attached hydrogens (tertiary/aromatic N) is 5. The summed E-state index contributed by atoms with van der Waals surface area (Å²) in [4.78, 5) is 8.70. The van der Waals surface area contributed by atoms with E-state index in [4.69, 9.17) is 4.52 Å². The molecule has 3 fully saturated rings. The van der Waals surface area contributed by atoms with E-state index >= 15 is 0 Å². The van der Waals surface area contributed by atoms with E-state index in [9.17, 15) is 8.42 Å². The molecule has 0 bridgehead atoms. The summed E-state index contributed by atoms with van der Waals surface area (Å²) in [6, 6.07) is 3.92. The Morgan fingerprint density at radius 1 is 1.20 bits per heavy atom. The largest absolute Gasteiger partial charge is 0.339 e. The third-order valence-corrected chi connectivity index (χ3v) is 9.39. The first-order valence-electron chi connectivity index (χ1n) is 11.0. The zero-order valence-corrected chi connectivity index (χ0v) is 18.2. The van der Waals surface area contributed by atoms with Crippen LogP contribution in [0.3, 0.4) is 0 Å². The van der Waals surface area contributed by atoms with Crippen molar-refractivity contribution in [3.8, 4) is 11.4 Å². The molecule has 1 spiro atoms. The molecule has 1 aliphatic heterocycles. The Hall–Kier alpha value is -1.84. The van der Waals surface area contributed by atoms with Gasteiger partial charge in [-0.1, -0.05) is 24.4 Å². The van der Waals surface area contributed by atoms with Gasteiger partial charge in [-0.25, -0.2) is 0 Å². The first-order chi connectivity index (χ1) is 14.5. The van der Waals surface area contributed by atoms with Crippen molar-refractivity contribution >= 4 is 10.2 Å². The van der Waals surface area contributed by atoms with E-state index in [1.54, 1.807) is 28.1 Å². The lowest BCUT2D eigenvalue weighted by Crippen LogP contribution is -2.49. The van der Waals surface area contributed by atoms with Crippen molar-refractivity contribution < 1.29 is 12.9 Å². The molecular formula is C21H29N5O3S. The van der Waals surface area contributed by atoms with Crippen molar-refractivity contribution in [2.24, 2.45) is 5.41 Å². The molecule has 2 aromatic rings. The van der Waals surface area contributed by atoms with Gasteiger partial charge in [0, 0.05) is 50.1 Å². The van der Waals surface area contributed by atoms with Crippen molar-refractivity contribution in [3.05, 3.63) is 30.4 Å². The molecule has 2 aromatic heterocycles. The summed E-state index contributed by atoms with van der Waals surface area (Å²) < 4.78 is 35.1. The SMILES string of the molecule is CN(C1CCCCC1)S(=O)(=O)N1CCC2(CC1)CC2c1nc(-c2cccnc2)no1. The second-order valence-electron chi connectivity index (χ2n) is 9.03. The Morgan fingerprint density at radius 3 is 2.67 bits per heavy atom. The minimum Gasteiger partial charge on any atom is -0.339 e. The number of piperidine rings is 1. The summed E-state index contributed by atoms with van der Waals surface area (Å²) in [6.45, 7) is 1.14. The van der Waals surface area contributed by atoms with E-state index in [2.05, 4.69) is 15.1 Å². The normalized spacial score (nSPS) is 25.1.